The van der Waals surface area contributed by atoms with E-state index in [9.17, 15) is 0 Å². The Balaban J connectivity index is 0. The predicted octanol–water partition coefficient (Wildman–Crippen LogP) is -4.16. The largest absolute Gasteiger partial charge is 1.00 e. The van der Waals surface area contributed by atoms with Crippen LogP contribution >= 0.6 is 24.0 Å². The fourth-order valence-electron chi connectivity index (χ4n) is 0.921. The summed E-state index contributed by atoms with van der Waals surface area (Å²) >= 11 is 15.0. The van der Waals surface area contributed by atoms with Crippen LogP contribution in [0.1, 0.15) is 0 Å². The molecule has 0 fully saturated rings. The Morgan fingerprint density at radius 2 is 2.05 bits per heavy atom. The Morgan fingerprint density at radius 3 is 2.47 bits per heavy atom. The third kappa shape index (κ3) is 9.35. The fraction of sp³-hybridized carbons (Fsp3) is 0.300. The van der Waals surface area contributed by atoms with E-state index in [-0.39, 0.29) is 92.4 Å². The van der Waals surface area contributed by atoms with Gasteiger partial charge in [-0.1, -0.05) is 22.9 Å². The first kappa shape index (κ1) is 23.8. The van der Waals surface area contributed by atoms with Crippen molar-refractivity contribution in [2.75, 3.05) is 13.8 Å². The molecule has 0 saturated heterocycles. The minimum atomic E-state index is -0.273. The second-order valence-electron chi connectivity index (χ2n) is 3.17. The molecule has 0 aliphatic heterocycles. The number of hydrogen-bond acceptors (Lipinski definition) is 7. The van der Waals surface area contributed by atoms with Gasteiger partial charge in [-0.25, -0.2) is 0 Å². The number of nitrogens with zero attached hydrogens (tertiary/aromatic N) is 2. The van der Waals surface area contributed by atoms with Crippen LogP contribution in [0.25, 0.3) is 10.2 Å². The van der Waals surface area contributed by atoms with E-state index in [1.54, 1.807) is 18.4 Å². The molecule has 0 bridgehead atoms. The van der Waals surface area contributed by atoms with Crippen LogP contribution in [0.15, 0.2) is 28.6 Å². The molecule has 1 unspecified atom stereocenters. The topological polar surface area (TPSA) is 36.4 Å². The zero-order valence-electron chi connectivity index (χ0n) is 11.1. The number of benzene rings is 1. The van der Waals surface area contributed by atoms with Gasteiger partial charge in [0.15, 0.2) is 0 Å². The Morgan fingerprint density at radius 1 is 1.47 bits per heavy atom. The molecule has 0 spiro atoms. The number of thiazole rings is 1. The van der Waals surface area contributed by atoms with Crippen LogP contribution in [0.4, 0.5) is 0 Å². The molecule has 1 N–H and O–H groups in total. The first-order valence-electron chi connectivity index (χ1n) is 4.72. The molecule has 0 amide bonds. The molecular formula is C10H12KN2NaOS4. The quantitative estimate of drug-likeness (QED) is 0.244. The minimum absolute atomic E-state index is 0. The number of thiol groups is 1. The molecule has 1 heterocycles. The number of hydrogen-bond donors (Lipinski definition) is 2. The second kappa shape index (κ2) is 13.1. The van der Waals surface area contributed by atoms with E-state index in [1.807, 2.05) is 24.3 Å². The van der Waals surface area contributed by atoms with Crippen molar-refractivity contribution in [3.63, 3.8) is 0 Å². The first-order valence-corrected chi connectivity index (χ1v) is 6.93. The summed E-state index contributed by atoms with van der Waals surface area (Å²) in [5.74, 6) is 0. The Labute approximate surface area is 198 Å². The van der Waals surface area contributed by atoms with Gasteiger partial charge >= 0.3 is 80.9 Å². The molecule has 94 valence electrons. The van der Waals surface area contributed by atoms with E-state index in [1.165, 1.54) is 9.60 Å². The normalized spacial score (nSPS) is 11.0. The molecule has 0 saturated carbocycles. The average molecular weight is 367 g/mol. The smallest absolute Gasteiger partial charge is 0.763 e. The summed E-state index contributed by atoms with van der Waals surface area (Å²) in [6, 6.07) is 7.97. The van der Waals surface area contributed by atoms with Crippen LogP contribution in [-0.4, -0.2) is 33.5 Å². The first-order chi connectivity index (χ1) is 8.04. The summed E-state index contributed by atoms with van der Waals surface area (Å²) in [6.45, 7) is -0.0301. The van der Waals surface area contributed by atoms with Gasteiger partial charge < -0.3 is 41.7 Å². The summed E-state index contributed by atoms with van der Waals surface area (Å²) in [5, 5.41) is 8.32. The zero-order valence-corrected chi connectivity index (χ0v) is 19.6. The molecule has 1 atom stereocenters. The van der Waals surface area contributed by atoms with Crippen LogP contribution in [0.3, 0.4) is 0 Å². The van der Waals surface area contributed by atoms with Crippen molar-refractivity contribution in [1.29, 1.82) is 0 Å². The van der Waals surface area contributed by atoms with E-state index in [0.29, 0.717) is 0 Å². The summed E-state index contributed by atoms with van der Waals surface area (Å²) in [5.41, 5.74) is 1.01. The van der Waals surface area contributed by atoms with E-state index in [4.69, 9.17) is 17.7 Å². The van der Waals surface area contributed by atoms with Crippen molar-refractivity contribution < 1.29 is 86.0 Å². The SMILES string of the molecule is CN(CO)C([S-])S.[K+].[Na+].[S-]c1nc2ccccc2s1. The van der Waals surface area contributed by atoms with Crippen LogP contribution in [0.5, 0.6) is 0 Å². The molecule has 3 nitrogen and oxygen atoms in total. The second-order valence-corrected chi connectivity index (χ2v) is 6.13. The van der Waals surface area contributed by atoms with Gasteiger partial charge in [-0.15, -0.1) is 0 Å². The van der Waals surface area contributed by atoms with Crippen LogP contribution in [0.2, 0.25) is 0 Å². The van der Waals surface area contributed by atoms with Gasteiger partial charge in [0.25, 0.3) is 0 Å². The van der Waals surface area contributed by atoms with Crippen LogP contribution in [-0.2, 0) is 25.3 Å². The van der Waals surface area contributed by atoms with Crippen molar-refractivity contribution in [3.05, 3.63) is 24.3 Å². The maximum Gasteiger partial charge on any atom is 1.00 e. The van der Waals surface area contributed by atoms with E-state index < -0.39 is 0 Å². The van der Waals surface area contributed by atoms with Crippen molar-refractivity contribution in [2.24, 2.45) is 0 Å². The van der Waals surface area contributed by atoms with Crippen molar-refractivity contribution in [3.8, 4) is 0 Å². The van der Waals surface area contributed by atoms with Gasteiger partial charge in [0, 0.05) is 0 Å². The molecule has 1 aromatic carbocycles. The molecule has 2 aromatic rings. The fourth-order valence-corrected chi connectivity index (χ4v) is 2.13. The molecule has 0 radical (unpaired) electrons. The number of fused-ring (bicyclic) bond motifs is 1. The summed E-state index contributed by atoms with van der Waals surface area (Å²) in [6.07, 6.45) is 0. The Kier molecular flexibility index (Phi) is 16.4. The third-order valence-electron chi connectivity index (χ3n) is 1.87. The Hall–Kier alpha value is 2.59. The summed E-state index contributed by atoms with van der Waals surface area (Å²) in [7, 11) is 1.70. The molecule has 19 heavy (non-hydrogen) atoms. The van der Waals surface area contributed by atoms with E-state index in [0.717, 1.165) is 9.86 Å². The average Bonchev–Trinajstić information content (AvgIpc) is 2.68. The van der Waals surface area contributed by atoms with Crippen molar-refractivity contribution in [2.45, 2.75) is 9.05 Å². The van der Waals surface area contributed by atoms with Gasteiger partial charge in [0.05, 0.1) is 12.2 Å². The maximum atomic E-state index is 8.32. The monoisotopic (exact) mass is 366 g/mol. The van der Waals surface area contributed by atoms with Gasteiger partial charge in [0.2, 0.25) is 0 Å². The number of rotatable bonds is 2. The molecule has 0 aliphatic rings. The number of aliphatic hydroxyl groups is 1. The van der Waals surface area contributed by atoms with Gasteiger partial charge in [-0.05, 0) is 22.2 Å². The molecule has 9 heteroatoms. The summed E-state index contributed by atoms with van der Waals surface area (Å²) < 4.78 is 1.62. The third-order valence-corrected chi connectivity index (χ3v) is 3.80. The number of aliphatic hydroxyl groups excluding tert-OH is 1. The standard InChI is InChI=1S/C7H5NS2.C3H9NOS2.K.Na/c9-7-8-5-3-1-2-4-6(5)10-7;1-4(2-5)3(6)7;;/h1-4H,(H,8,9);3,5-7H,2H2,1H3;;/q;;2*+1/p-2. The molecular weight excluding hydrogens is 354 g/mol. The van der Waals surface area contributed by atoms with Crippen LogP contribution < -0.4 is 80.9 Å². The zero-order chi connectivity index (χ0) is 12.8. The molecule has 2 rings (SSSR count). The molecule has 1 aromatic heterocycles. The van der Waals surface area contributed by atoms with Crippen molar-refractivity contribution in [1.82, 2.24) is 9.88 Å². The predicted molar refractivity (Wildman–Crippen MR) is 80.2 cm³/mol. The number of aromatic nitrogens is 1. The van der Waals surface area contributed by atoms with Gasteiger partial charge in [0.1, 0.15) is 0 Å². The van der Waals surface area contributed by atoms with Crippen molar-refractivity contribution >= 4 is 59.4 Å². The maximum absolute atomic E-state index is 8.32. The minimum Gasteiger partial charge on any atom is -0.763 e. The van der Waals surface area contributed by atoms with E-state index in [2.05, 4.69) is 30.2 Å². The molecule has 0 aliphatic carbocycles. The number of para-hydroxylation sites is 1. The van der Waals surface area contributed by atoms with Gasteiger partial charge in [-0.3, -0.25) is 9.88 Å². The van der Waals surface area contributed by atoms with Gasteiger partial charge in [-0.2, -0.15) is 12.6 Å². The Bertz CT molecular complexity index is 438. The van der Waals surface area contributed by atoms with Crippen LogP contribution in [0, 0.1) is 0 Å². The summed E-state index contributed by atoms with van der Waals surface area (Å²) in [4.78, 5) is 5.67. The van der Waals surface area contributed by atoms with E-state index >= 15 is 0 Å².